The number of urea groups is 1. The molecular weight excluding hydrogens is 256 g/mol. The number of alkyl carbamates (subject to hydrolysis) is 1. The van der Waals surface area contributed by atoms with Crippen LogP contribution in [0.2, 0.25) is 0 Å². The highest BCUT2D eigenvalue weighted by atomic mass is 16.5. The van der Waals surface area contributed by atoms with Crippen LogP contribution in [0.15, 0.2) is 0 Å². The number of ether oxygens (including phenoxy) is 1. The van der Waals surface area contributed by atoms with E-state index >= 15 is 0 Å². The van der Waals surface area contributed by atoms with E-state index in [2.05, 4.69) is 6.92 Å². The summed E-state index contributed by atoms with van der Waals surface area (Å²) in [4.78, 5) is 21.2. The number of carbonyl (C=O) groups is 2. The lowest BCUT2D eigenvalue weighted by Crippen LogP contribution is -2.35. The average Bonchev–Trinajstić information content (AvgIpc) is 2.39. The van der Waals surface area contributed by atoms with E-state index in [1.54, 1.807) is 0 Å². The monoisotopic (exact) mass is 286 g/mol. The van der Waals surface area contributed by atoms with Gasteiger partial charge in [0.25, 0.3) is 0 Å². The second-order valence-corrected chi connectivity index (χ2v) is 5.16. The molecule has 3 N–H and O–H groups in total. The van der Waals surface area contributed by atoms with Crippen LogP contribution in [0.5, 0.6) is 0 Å². The van der Waals surface area contributed by atoms with Gasteiger partial charge in [0, 0.05) is 0 Å². The summed E-state index contributed by atoms with van der Waals surface area (Å²) < 4.78 is 4.78. The van der Waals surface area contributed by atoms with Crippen LogP contribution in [-0.2, 0) is 4.74 Å². The highest BCUT2D eigenvalue weighted by Gasteiger charge is 2.03. The van der Waals surface area contributed by atoms with Crippen molar-refractivity contribution in [2.24, 2.45) is 5.73 Å². The lowest BCUT2D eigenvalue weighted by Gasteiger charge is -2.04. The number of nitrogens with two attached hydrogens (primary N) is 1. The molecule has 118 valence electrons. The average molecular weight is 286 g/mol. The number of carbonyl (C=O) groups excluding carboxylic acids is 2. The van der Waals surface area contributed by atoms with Gasteiger partial charge in [-0.3, -0.25) is 0 Å². The third-order valence-electron chi connectivity index (χ3n) is 3.21. The van der Waals surface area contributed by atoms with E-state index in [1.807, 2.05) is 5.32 Å². The summed E-state index contributed by atoms with van der Waals surface area (Å²) in [6.07, 6.45) is 13.0. The van der Waals surface area contributed by atoms with E-state index in [4.69, 9.17) is 10.5 Å². The zero-order valence-electron chi connectivity index (χ0n) is 12.8. The number of nitrogens with one attached hydrogen (secondary N) is 1. The van der Waals surface area contributed by atoms with Crippen LogP contribution < -0.4 is 11.1 Å². The largest absolute Gasteiger partial charge is 0.449 e. The van der Waals surface area contributed by atoms with E-state index in [1.165, 1.54) is 57.8 Å². The first-order valence-electron chi connectivity index (χ1n) is 7.90. The molecule has 5 nitrogen and oxygen atoms in total. The zero-order chi connectivity index (χ0) is 15.1. The van der Waals surface area contributed by atoms with Gasteiger partial charge in [-0.2, -0.15) is 0 Å². The van der Waals surface area contributed by atoms with Crippen LogP contribution in [0.1, 0.15) is 77.6 Å². The summed E-state index contributed by atoms with van der Waals surface area (Å²) in [6.45, 7) is 2.58. The second kappa shape index (κ2) is 14.2. The highest BCUT2D eigenvalue weighted by Crippen LogP contribution is 2.11. The van der Waals surface area contributed by atoms with Crippen molar-refractivity contribution in [1.29, 1.82) is 0 Å². The van der Waals surface area contributed by atoms with Crippen LogP contribution in [0, 0.1) is 0 Å². The first-order chi connectivity index (χ1) is 9.66. The molecular formula is C15H30N2O3. The number of hydrogen-bond donors (Lipinski definition) is 2. The summed E-state index contributed by atoms with van der Waals surface area (Å²) in [5.74, 6) is 0. The maximum atomic E-state index is 10.9. The molecule has 0 aromatic heterocycles. The van der Waals surface area contributed by atoms with Gasteiger partial charge in [0.1, 0.15) is 0 Å². The second-order valence-electron chi connectivity index (χ2n) is 5.16. The number of hydrogen-bond acceptors (Lipinski definition) is 3. The lowest BCUT2D eigenvalue weighted by atomic mass is 10.1. The van der Waals surface area contributed by atoms with E-state index in [0.29, 0.717) is 6.61 Å². The van der Waals surface area contributed by atoms with Crippen molar-refractivity contribution in [1.82, 2.24) is 5.32 Å². The molecule has 0 aliphatic carbocycles. The van der Waals surface area contributed by atoms with Gasteiger partial charge >= 0.3 is 12.1 Å². The Morgan fingerprint density at radius 2 is 1.30 bits per heavy atom. The van der Waals surface area contributed by atoms with Gasteiger partial charge in [-0.05, 0) is 6.42 Å². The van der Waals surface area contributed by atoms with Gasteiger partial charge in [-0.15, -0.1) is 0 Å². The Morgan fingerprint density at radius 1 is 0.850 bits per heavy atom. The maximum Gasteiger partial charge on any atom is 0.415 e. The summed E-state index contributed by atoms with van der Waals surface area (Å²) in [5, 5.41) is 1.86. The summed E-state index contributed by atoms with van der Waals surface area (Å²) >= 11 is 0. The van der Waals surface area contributed by atoms with Gasteiger partial charge in [-0.25, -0.2) is 14.9 Å². The van der Waals surface area contributed by atoms with Crippen molar-refractivity contribution in [3.05, 3.63) is 0 Å². The zero-order valence-corrected chi connectivity index (χ0v) is 12.8. The number of amides is 3. The maximum absolute atomic E-state index is 10.9. The van der Waals surface area contributed by atoms with Crippen LogP contribution in [0.4, 0.5) is 9.59 Å². The molecule has 0 saturated heterocycles. The highest BCUT2D eigenvalue weighted by molar-refractivity contribution is 5.89. The van der Waals surface area contributed by atoms with Gasteiger partial charge in [0.15, 0.2) is 0 Å². The lowest BCUT2D eigenvalue weighted by molar-refractivity contribution is 0.145. The minimum Gasteiger partial charge on any atom is -0.449 e. The molecule has 0 heterocycles. The Kier molecular flexibility index (Phi) is 13.3. The molecule has 0 fully saturated rings. The summed E-state index contributed by atoms with van der Waals surface area (Å²) in [6, 6.07) is -0.881. The predicted octanol–water partition coefficient (Wildman–Crippen LogP) is 4.10. The quantitative estimate of drug-likeness (QED) is 0.530. The minimum atomic E-state index is -0.881. The SMILES string of the molecule is CCCCCCCCCCCCCOC(=O)NC(N)=O. The molecule has 0 spiro atoms. The van der Waals surface area contributed by atoms with Crippen LogP contribution in [-0.4, -0.2) is 18.7 Å². The van der Waals surface area contributed by atoms with Gasteiger partial charge in [0.2, 0.25) is 0 Å². The standard InChI is InChI=1S/C15H30N2O3/c1-2-3-4-5-6-7-8-9-10-11-12-13-20-15(19)17-14(16)18/h2-13H2,1H3,(H3,16,17,18,19). The van der Waals surface area contributed by atoms with E-state index in [-0.39, 0.29) is 0 Å². The summed E-state index contributed by atoms with van der Waals surface area (Å²) in [7, 11) is 0. The molecule has 0 saturated carbocycles. The van der Waals surface area contributed by atoms with Crippen LogP contribution in [0.3, 0.4) is 0 Å². The Hall–Kier alpha value is -1.26. The fourth-order valence-corrected chi connectivity index (χ4v) is 2.07. The van der Waals surface area contributed by atoms with Crippen molar-refractivity contribution in [2.45, 2.75) is 77.6 Å². The van der Waals surface area contributed by atoms with Gasteiger partial charge < -0.3 is 10.5 Å². The van der Waals surface area contributed by atoms with Crippen molar-refractivity contribution in [3.63, 3.8) is 0 Å². The number of imide groups is 1. The van der Waals surface area contributed by atoms with Crippen molar-refractivity contribution >= 4 is 12.1 Å². The molecule has 0 unspecified atom stereocenters. The number of unbranched alkanes of at least 4 members (excludes halogenated alkanes) is 10. The fourth-order valence-electron chi connectivity index (χ4n) is 2.07. The Morgan fingerprint density at radius 3 is 1.75 bits per heavy atom. The number of primary amides is 1. The molecule has 0 bridgehead atoms. The number of rotatable bonds is 12. The van der Waals surface area contributed by atoms with Gasteiger partial charge in [0.05, 0.1) is 6.61 Å². The third-order valence-corrected chi connectivity index (χ3v) is 3.21. The molecule has 0 rings (SSSR count). The topological polar surface area (TPSA) is 81.4 Å². The third kappa shape index (κ3) is 14.8. The van der Waals surface area contributed by atoms with Crippen LogP contribution >= 0.6 is 0 Å². The van der Waals surface area contributed by atoms with Crippen LogP contribution in [0.25, 0.3) is 0 Å². The summed E-state index contributed by atoms with van der Waals surface area (Å²) in [5.41, 5.74) is 4.78. The predicted molar refractivity (Wildman–Crippen MR) is 80.5 cm³/mol. The first-order valence-corrected chi connectivity index (χ1v) is 7.90. The molecule has 0 aromatic carbocycles. The fraction of sp³-hybridized carbons (Fsp3) is 0.867. The van der Waals surface area contributed by atoms with Gasteiger partial charge in [-0.1, -0.05) is 71.1 Å². The first kappa shape index (κ1) is 18.7. The molecule has 0 aliphatic rings. The Balaban J connectivity index is 3.09. The van der Waals surface area contributed by atoms with E-state index < -0.39 is 12.1 Å². The molecule has 0 radical (unpaired) electrons. The molecule has 0 atom stereocenters. The minimum absolute atomic E-state index is 0.343. The molecule has 20 heavy (non-hydrogen) atoms. The smallest absolute Gasteiger partial charge is 0.415 e. The normalized spacial score (nSPS) is 10.2. The van der Waals surface area contributed by atoms with Crippen molar-refractivity contribution < 1.29 is 14.3 Å². The van der Waals surface area contributed by atoms with E-state index in [9.17, 15) is 9.59 Å². The molecule has 3 amide bonds. The Bertz CT molecular complexity index is 258. The van der Waals surface area contributed by atoms with E-state index in [0.717, 1.165) is 12.8 Å². The Labute approximate surface area is 122 Å². The van der Waals surface area contributed by atoms with Crippen molar-refractivity contribution in [3.8, 4) is 0 Å². The molecule has 5 heteroatoms. The van der Waals surface area contributed by atoms with Crippen molar-refractivity contribution in [2.75, 3.05) is 6.61 Å². The molecule has 0 aromatic rings. The molecule has 0 aliphatic heterocycles.